The normalized spacial score (nSPS) is 13.3. The Labute approximate surface area is 157 Å². The van der Waals surface area contributed by atoms with Gasteiger partial charge in [0.05, 0.1) is 17.7 Å². The zero-order valence-electron chi connectivity index (χ0n) is 13.7. The third-order valence-electron chi connectivity index (χ3n) is 4.20. The topological polar surface area (TPSA) is 81.0 Å². The Morgan fingerprint density at radius 1 is 0.923 bits per heavy atom. The lowest BCUT2D eigenvalue weighted by molar-refractivity contribution is 0.0655. The lowest BCUT2D eigenvalue weighted by Crippen LogP contribution is -2.32. The minimum absolute atomic E-state index is 0.229. The van der Waals surface area contributed by atoms with Crippen LogP contribution in [0.15, 0.2) is 53.0 Å². The van der Waals surface area contributed by atoms with E-state index in [1.807, 2.05) is 24.3 Å². The first-order valence-electron chi connectivity index (χ1n) is 8.09. The van der Waals surface area contributed by atoms with E-state index in [-0.39, 0.29) is 18.4 Å². The molecule has 8 heteroatoms. The predicted molar refractivity (Wildman–Crippen MR) is 96.6 cm³/mol. The van der Waals surface area contributed by atoms with Crippen molar-refractivity contribution in [3.05, 3.63) is 75.5 Å². The highest BCUT2D eigenvalue weighted by molar-refractivity contribution is 9.10. The Balaban J connectivity index is 1.42. The van der Waals surface area contributed by atoms with E-state index < -0.39 is 0 Å². The van der Waals surface area contributed by atoms with Gasteiger partial charge >= 0.3 is 0 Å². The summed E-state index contributed by atoms with van der Waals surface area (Å²) < 4.78 is 0.977. The van der Waals surface area contributed by atoms with Gasteiger partial charge in [0.25, 0.3) is 11.8 Å². The summed E-state index contributed by atoms with van der Waals surface area (Å²) in [5.74, 6) is -0.0500. The molecule has 0 saturated carbocycles. The summed E-state index contributed by atoms with van der Waals surface area (Å²) in [5, 5.41) is 12.4. The average molecular weight is 412 g/mol. The van der Waals surface area contributed by atoms with Crippen molar-refractivity contribution < 1.29 is 9.59 Å². The van der Waals surface area contributed by atoms with Gasteiger partial charge in [0.1, 0.15) is 0 Å². The molecule has 1 aliphatic rings. The van der Waals surface area contributed by atoms with Gasteiger partial charge < -0.3 is 0 Å². The number of carbonyl (C=O) groups is 2. The molecule has 4 rings (SSSR count). The van der Waals surface area contributed by atoms with Crippen molar-refractivity contribution >= 4 is 27.7 Å². The maximum absolute atomic E-state index is 12.4. The number of hydrogen-bond acceptors (Lipinski definition) is 5. The van der Waals surface area contributed by atoms with E-state index in [1.54, 1.807) is 24.3 Å². The highest BCUT2D eigenvalue weighted by atomic mass is 79.9. The minimum atomic E-state index is -0.272. The fourth-order valence-corrected chi connectivity index (χ4v) is 3.29. The van der Waals surface area contributed by atoms with Crippen LogP contribution in [-0.4, -0.2) is 43.5 Å². The van der Waals surface area contributed by atoms with Crippen LogP contribution in [0.3, 0.4) is 0 Å². The molecule has 2 heterocycles. The molecule has 1 aliphatic heterocycles. The second-order valence-electron chi connectivity index (χ2n) is 5.89. The third kappa shape index (κ3) is 3.03. The average Bonchev–Trinajstić information content (AvgIpc) is 3.19. The van der Waals surface area contributed by atoms with Crippen LogP contribution < -0.4 is 0 Å². The molecule has 1 aromatic heterocycles. The molecule has 0 spiro atoms. The molecule has 130 valence electrons. The Kier molecular flexibility index (Phi) is 4.34. The van der Waals surface area contributed by atoms with Crippen LogP contribution in [0.1, 0.15) is 32.1 Å². The minimum Gasteiger partial charge on any atom is -0.274 e. The largest absolute Gasteiger partial charge is 0.274 e. The van der Waals surface area contributed by atoms with Gasteiger partial charge in [-0.15, -0.1) is 10.2 Å². The monoisotopic (exact) mass is 411 g/mol. The third-order valence-corrected chi connectivity index (χ3v) is 4.97. The number of fused-ring (bicyclic) bond motifs is 1. The lowest BCUT2D eigenvalue weighted by Gasteiger charge is -2.11. The fraction of sp³-hybridized carbons (Fsp3) is 0.167. The maximum atomic E-state index is 12.4. The number of carbonyl (C=O) groups excluding carboxylic acids is 2. The molecule has 0 fully saturated rings. The molecule has 0 radical (unpaired) electrons. The number of hydrogen-bond donors (Lipinski definition) is 0. The molecule has 0 unspecified atom stereocenters. The van der Waals surface area contributed by atoms with E-state index in [2.05, 4.69) is 31.3 Å². The van der Waals surface area contributed by atoms with Gasteiger partial charge in [-0.3, -0.25) is 14.5 Å². The Bertz CT molecular complexity index is 966. The first kappa shape index (κ1) is 16.6. The highest BCUT2D eigenvalue weighted by Gasteiger charge is 2.34. The van der Waals surface area contributed by atoms with E-state index in [1.165, 1.54) is 9.70 Å². The summed E-state index contributed by atoms with van der Waals surface area (Å²) in [7, 11) is 0. The SMILES string of the molecule is O=C1c2ccccc2C(=O)N1CCc1nnn(Cc2ccccc2Br)n1. The van der Waals surface area contributed by atoms with E-state index in [0.29, 0.717) is 29.9 Å². The van der Waals surface area contributed by atoms with Crippen LogP contribution in [0.5, 0.6) is 0 Å². The van der Waals surface area contributed by atoms with E-state index >= 15 is 0 Å². The number of amides is 2. The second kappa shape index (κ2) is 6.80. The number of rotatable bonds is 5. The van der Waals surface area contributed by atoms with Crippen molar-refractivity contribution in [2.75, 3.05) is 6.54 Å². The van der Waals surface area contributed by atoms with Crippen molar-refractivity contribution in [1.82, 2.24) is 25.1 Å². The van der Waals surface area contributed by atoms with Crippen molar-refractivity contribution in [2.24, 2.45) is 0 Å². The lowest BCUT2D eigenvalue weighted by atomic mass is 10.1. The van der Waals surface area contributed by atoms with Gasteiger partial charge in [-0.1, -0.05) is 46.3 Å². The van der Waals surface area contributed by atoms with Crippen LogP contribution in [0, 0.1) is 0 Å². The van der Waals surface area contributed by atoms with Crippen LogP contribution in [-0.2, 0) is 13.0 Å². The summed E-state index contributed by atoms with van der Waals surface area (Å²) in [6.07, 6.45) is 0.363. The van der Waals surface area contributed by atoms with Gasteiger partial charge in [-0.2, -0.15) is 4.80 Å². The van der Waals surface area contributed by atoms with Crippen molar-refractivity contribution in [1.29, 1.82) is 0 Å². The standard InChI is InChI=1S/C18H14BrN5O2/c19-15-8-4-1-5-12(15)11-24-21-16(20-22-24)9-10-23-17(25)13-6-2-3-7-14(13)18(23)26/h1-8H,9-11H2. The highest BCUT2D eigenvalue weighted by Crippen LogP contribution is 2.22. The van der Waals surface area contributed by atoms with Crippen LogP contribution in [0.2, 0.25) is 0 Å². The summed E-state index contributed by atoms with van der Waals surface area (Å²) in [6, 6.07) is 14.7. The Morgan fingerprint density at radius 3 is 2.27 bits per heavy atom. The summed E-state index contributed by atoms with van der Waals surface area (Å²) in [5.41, 5.74) is 1.93. The van der Waals surface area contributed by atoms with E-state index in [9.17, 15) is 9.59 Å². The quantitative estimate of drug-likeness (QED) is 0.601. The molecule has 0 saturated heterocycles. The molecule has 0 aliphatic carbocycles. The Hall–Kier alpha value is -2.87. The smallest absolute Gasteiger partial charge is 0.261 e. The molecule has 0 bridgehead atoms. The van der Waals surface area contributed by atoms with Gasteiger partial charge in [-0.05, 0) is 29.0 Å². The van der Waals surface area contributed by atoms with Crippen molar-refractivity contribution in [2.45, 2.75) is 13.0 Å². The molecule has 0 N–H and O–H groups in total. The van der Waals surface area contributed by atoms with Crippen LogP contribution >= 0.6 is 15.9 Å². The molecule has 3 aromatic rings. The van der Waals surface area contributed by atoms with Crippen LogP contribution in [0.4, 0.5) is 0 Å². The molecule has 7 nitrogen and oxygen atoms in total. The molecule has 0 atom stereocenters. The summed E-state index contributed by atoms with van der Waals surface area (Å²) in [4.78, 5) is 27.4. The zero-order chi connectivity index (χ0) is 18.1. The van der Waals surface area contributed by atoms with Gasteiger partial charge in [0, 0.05) is 17.4 Å². The molecule has 26 heavy (non-hydrogen) atoms. The molecular formula is C18H14BrN5O2. The number of nitrogens with zero attached hydrogens (tertiary/aromatic N) is 5. The summed E-state index contributed by atoms with van der Waals surface area (Å²) >= 11 is 3.49. The van der Waals surface area contributed by atoms with Crippen molar-refractivity contribution in [3.8, 4) is 0 Å². The van der Waals surface area contributed by atoms with Crippen LogP contribution in [0.25, 0.3) is 0 Å². The number of imide groups is 1. The summed E-state index contributed by atoms with van der Waals surface area (Å²) in [6.45, 7) is 0.717. The first-order chi connectivity index (χ1) is 12.6. The van der Waals surface area contributed by atoms with Crippen molar-refractivity contribution in [3.63, 3.8) is 0 Å². The van der Waals surface area contributed by atoms with E-state index in [0.717, 1.165) is 10.0 Å². The first-order valence-corrected chi connectivity index (χ1v) is 8.88. The molecule has 2 amide bonds. The predicted octanol–water partition coefficient (Wildman–Crippen LogP) is 2.32. The number of benzene rings is 2. The van der Waals surface area contributed by atoms with Gasteiger partial charge in [-0.25, -0.2) is 0 Å². The van der Waals surface area contributed by atoms with E-state index in [4.69, 9.17) is 0 Å². The molecule has 2 aromatic carbocycles. The fourth-order valence-electron chi connectivity index (χ4n) is 2.88. The Morgan fingerprint density at radius 2 is 1.58 bits per heavy atom. The second-order valence-corrected chi connectivity index (χ2v) is 6.74. The van der Waals surface area contributed by atoms with Gasteiger partial charge in [0.15, 0.2) is 5.82 Å². The number of aromatic nitrogens is 4. The number of tetrazole rings is 1. The van der Waals surface area contributed by atoms with Gasteiger partial charge in [0.2, 0.25) is 0 Å². The maximum Gasteiger partial charge on any atom is 0.261 e. The molecular weight excluding hydrogens is 398 g/mol. The zero-order valence-corrected chi connectivity index (χ0v) is 15.3. The number of halogens is 1.